The van der Waals surface area contributed by atoms with E-state index in [9.17, 15) is 13.2 Å². The number of amides is 1. The van der Waals surface area contributed by atoms with E-state index in [1.54, 1.807) is 17.0 Å². The van der Waals surface area contributed by atoms with Crippen molar-refractivity contribution in [2.75, 3.05) is 50.7 Å². The lowest BCUT2D eigenvalue weighted by molar-refractivity contribution is -0.116. The van der Waals surface area contributed by atoms with E-state index < -0.39 is 10.0 Å². The van der Waals surface area contributed by atoms with Gasteiger partial charge in [0.1, 0.15) is 0 Å². The quantitative estimate of drug-likeness (QED) is 0.705. The molecule has 2 aliphatic heterocycles. The number of nitrogens with zero attached hydrogens (tertiary/aromatic N) is 2. The van der Waals surface area contributed by atoms with Crippen molar-refractivity contribution in [3.05, 3.63) is 23.8 Å². The van der Waals surface area contributed by atoms with Crippen LogP contribution in [0.1, 0.15) is 25.3 Å². The zero-order valence-corrected chi connectivity index (χ0v) is 16.1. The van der Waals surface area contributed by atoms with Gasteiger partial charge in [-0.2, -0.15) is 0 Å². The number of hydrogen-bond donors (Lipinski definition) is 2. The molecule has 144 valence electrons. The second-order valence-electron chi connectivity index (χ2n) is 6.91. The first-order valence-electron chi connectivity index (χ1n) is 9.31. The Bertz CT molecular complexity index is 745. The first-order valence-corrected chi connectivity index (χ1v) is 10.8. The van der Waals surface area contributed by atoms with Gasteiger partial charge in [0.2, 0.25) is 15.9 Å². The number of aryl methyl sites for hydroxylation is 1. The average Bonchev–Trinajstić information content (AvgIpc) is 2.65. The fourth-order valence-electron chi connectivity index (χ4n) is 3.58. The van der Waals surface area contributed by atoms with Gasteiger partial charge >= 0.3 is 0 Å². The number of anilines is 1. The van der Waals surface area contributed by atoms with E-state index >= 15 is 0 Å². The maximum Gasteiger partial charge on any atom is 0.240 e. The zero-order valence-electron chi connectivity index (χ0n) is 15.3. The lowest BCUT2D eigenvalue weighted by Crippen LogP contribution is -2.44. The average molecular weight is 381 g/mol. The van der Waals surface area contributed by atoms with Gasteiger partial charge in [0.25, 0.3) is 0 Å². The van der Waals surface area contributed by atoms with E-state index in [0.717, 1.165) is 63.2 Å². The van der Waals surface area contributed by atoms with Crippen molar-refractivity contribution < 1.29 is 13.2 Å². The Kier molecular flexibility index (Phi) is 6.29. The van der Waals surface area contributed by atoms with Crippen molar-refractivity contribution in [2.45, 2.75) is 31.1 Å². The molecule has 2 aliphatic rings. The molecular weight excluding hydrogens is 352 g/mol. The summed E-state index contributed by atoms with van der Waals surface area (Å²) >= 11 is 0. The lowest BCUT2D eigenvalue weighted by atomic mass is 10.0. The number of hydrogen-bond acceptors (Lipinski definition) is 5. The van der Waals surface area contributed by atoms with Crippen molar-refractivity contribution in [1.82, 2.24) is 14.9 Å². The third kappa shape index (κ3) is 4.62. The lowest BCUT2D eigenvalue weighted by Gasteiger charge is -2.29. The Morgan fingerprint density at radius 3 is 2.73 bits per heavy atom. The van der Waals surface area contributed by atoms with Crippen LogP contribution in [-0.4, -0.2) is 65.0 Å². The molecular formula is C18H28N4O3S. The highest BCUT2D eigenvalue weighted by molar-refractivity contribution is 7.89. The van der Waals surface area contributed by atoms with Gasteiger partial charge in [-0.05, 0) is 43.5 Å². The molecule has 0 aliphatic carbocycles. The summed E-state index contributed by atoms with van der Waals surface area (Å²) in [7, 11) is -3.56. The second kappa shape index (κ2) is 8.47. The normalized spacial score (nSPS) is 18.6. The highest BCUT2D eigenvalue weighted by atomic mass is 32.2. The fraction of sp³-hybridized carbons (Fsp3) is 0.611. The molecule has 0 spiro atoms. The molecule has 26 heavy (non-hydrogen) atoms. The highest BCUT2D eigenvalue weighted by Crippen LogP contribution is 2.29. The molecule has 0 aromatic heterocycles. The van der Waals surface area contributed by atoms with E-state index in [1.807, 2.05) is 6.07 Å². The summed E-state index contributed by atoms with van der Waals surface area (Å²) in [6.07, 6.45) is 2.56. The summed E-state index contributed by atoms with van der Waals surface area (Å²) in [6, 6.07) is 5.11. The Balaban J connectivity index is 1.62. The molecule has 3 rings (SSSR count). The summed E-state index contributed by atoms with van der Waals surface area (Å²) in [6.45, 7) is 7.48. The van der Waals surface area contributed by atoms with Crippen molar-refractivity contribution in [3.8, 4) is 0 Å². The van der Waals surface area contributed by atoms with Gasteiger partial charge in [-0.15, -0.1) is 0 Å². The minimum Gasteiger partial charge on any atom is -0.314 e. The standard InChI is InChI=1S/C18H28N4O3S/c1-15(23)22-11-2-4-16-5-6-17(14-18(16)22)26(24,25)20-7-3-10-21-12-8-19-9-13-21/h5-6,14,19-20H,2-4,7-13H2,1H3. The van der Waals surface area contributed by atoms with Crippen LogP contribution in [0.25, 0.3) is 0 Å². The number of fused-ring (bicyclic) bond motifs is 1. The smallest absolute Gasteiger partial charge is 0.240 e. The number of sulfonamides is 1. The summed E-state index contributed by atoms with van der Waals surface area (Å²) in [4.78, 5) is 16.1. The van der Waals surface area contributed by atoms with Crippen molar-refractivity contribution in [3.63, 3.8) is 0 Å². The van der Waals surface area contributed by atoms with Crippen LogP contribution in [0, 0.1) is 0 Å². The number of nitrogens with one attached hydrogen (secondary N) is 2. The molecule has 7 nitrogen and oxygen atoms in total. The number of rotatable bonds is 6. The number of piperazine rings is 1. The molecule has 0 atom stereocenters. The fourth-order valence-corrected chi connectivity index (χ4v) is 4.67. The first kappa shape index (κ1) is 19.3. The minimum absolute atomic E-state index is 0.0514. The molecule has 0 saturated carbocycles. The van der Waals surface area contributed by atoms with Crippen molar-refractivity contribution in [2.24, 2.45) is 0 Å². The minimum atomic E-state index is -3.56. The zero-order chi connectivity index (χ0) is 18.6. The second-order valence-corrected chi connectivity index (χ2v) is 8.67. The predicted molar refractivity (Wildman–Crippen MR) is 102 cm³/mol. The predicted octanol–water partition coefficient (Wildman–Crippen LogP) is 0.559. The van der Waals surface area contributed by atoms with Gasteiger partial charge < -0.3 is 15.1 Å². The Labute approximate surface area is 155 Å². The van der Waals surface area contributed by atoms with Crippen molar-refractivity contribution in [1.29, 1.82) is 0 Å². The van der Waals surface area contributed by atoms with Crippen LogP contribution in [0.3, 0.4) is 0 Å². The van der Waals surface area contributed by atoms with Gasteiger partial charge in [-0.1, -0.05) is 6.07 Å². The number of carbonyl (C=O) groups is 1. The van der Waals surface area contributed by atoms with Gasteiger partial charge in [-0.3, -0.25) is 4.79 Å². The van der Waals surface area contributed by atoms with Crippen LogP contribution in [0.15, 0.2) is 23.1 Å². The molecule has 1 aromatic carbocycles. The monoisotopic (exact) mass is 380 g/mol. The Hall–Kier alpha value is -1.48. The Morgan fingerprint density at radius 1 is 1.23 bits per heavy atom. The summed E-state index contributed by atoms with van der Waals surface area (Å²) in [5.41, 5.74) is 1.76. The third-order valence-electron chi connectivity index (χ3n) is 5.02. The van der Waals surface area contributed by atoms with E-state index in [0.29, 0.717) is 13.1 Å². The van der Waals surface area contributed by atoms with Crippen LogP contribution < -0.4 is 14.9 Å². The first-order chi connectivity index (χ1) is 12.5. The van der Waals surface area contributed by atoms with E-state index in [4.69, 9.17) is 0 Å². The molecule has 0 unspecified atom stereocenters. The Morgan fingerprint density at radius 2 is 2.00 bits per heavy atom. The van der Waals surface area contributed by atoms with Crippen LogP contribution in [-0.2, 0) is 21.2 Å². The largest absolute Gasteiger partial charge is 0.314 e. The maximum absolute atomic E-state index is 12.6. The third-order valence-corrected chi connectivity index (χ3v) is 6.48. The van der Waals surface area contributed by atoms with Crippen molar-refractivity contribution >= 4 is 21.6 Å². The summed E-state index contributed by atoms with van der Waals surface area (Å²) < 4.78 is 27.9. The van der Waals surface area contributed by atoms with Gasteiger partial charge in [-0.25, -0.2) is 13.1 Å². The van der Waals surface area contributed by atoms with Crippen LogP contribution in [0.5, 0.6) is 0 Å². The molecule has 8 heteroatoms. The summed E-state index contributed by atoms with van der Waals surface area (Å²) in [5, 5.41) is 3.31. The molecule has 1 amide bonds. The number of carbonyl (C=O) groups excluding carboxylic acids is 1. The van der Waals surface area contributed by atoms with E-state index in [2.05, 4.69) is 14.9 Å². The van der Waals surface area contributed by atoms with Crippen LogP contribution in [0.4, 0.5) is 5.69 Å². The maximum atomic E-state index is 12.6. The van der Waals surface area contributed by atoms with Gasteiger partial charge in [0.15, 0.2) is 0 Å². The topological polar surface area (TPSA) is 81.8 Å². The van der Waals surface area contributed by atoms with E-state index in [-0.39, 0.29) is 10.8 Å². The molecule has 2 heterocycles. The molecule has 2 N–H and O–H groups in total. The summed E-state index contributed by atoms with van der Waals surface area (Å²) in [5.74, 6) is -0.0514. The molecule has 1 aromatic rings. The van der Waals surface area contributed by atoms with Gasteiger partial charge in [0, 0.05) is 51.9 Å². The SMILES string of the molecule is CC(=O)N1CCCc2ccc(S(=O)(=O)NCCCN3CCNCC3)cc21. The highest BCUT2D eigenvalue weighted by Gasteiger charge is 2.23. The molecule has 0 radical (unpaired) electrons. The van der Waals surface area contributed by atoms with Gasteiger partial charge in [0.05, 0.1) is 4.90 Å². The van der Waals surface area contributed by atoms with E-state index in [1.165, 1.54) is 6.92 Å². The van der Waals surface area contributed by atoms with Crippen LogP contribution >= 0.6 is 0 Å². The number of benzene rings is 1. The van der Waals surface area contributed by atoms with Crippen LogP contribution in [0.2, 0.25) is 0 Å². The molecule has 1 fully saturated rings. The molecule has 0 bridgehead atoms. The molecule has 1 saturated heterocycles.